The van der Waals surface area contributed by atoms with E-state index in [0.29, 0.717) is 0 Å². The molecular weight excluding hydrogens is 238 g/mol. The second-order valence-electron chi connectivity index (χ2n) is 3.65. The molecule has 88 valence electrons. The van der Waals surface area contributed by atoms with E-state index in [4.69, 9.17) is 11.6 Å². The average Bonchev–Trinajstić information content (AvgIpc) is 2.85. The van der Waals surface area contributed by atoms with E-state index in [0.717, 1.165) is 22.6 Å². The summed E-state index contributed by atoms with van der Waals surface area (Å²) in [6, 6.07) is 5.75. The lowest BCUT2D eigenvalue weighted by molar-refractivity contribution is -0.113. The normalized spacial score (nSPS) is 10.2. The van der Waals surface area contributed by atoms with Gasteiger partial charge in [0.2, 0.25) is 5.91 Å². The Labute approximate surface area is 104 Å². The van der Waals surface area contributed by atoms with Crippen LogP contribution in [0.5, 0.6) is 0 Å². The summed E-state index contributed by atoms with van der Waals surface area (Å²) >= 11 is 5.46. The molecule has 2 aromatic rings. The Morgan fingerprint density at radius 1 is 1.53 bits per heavy atom. The van der Waals surface area contributed by atoms with Crippen molar-refractivity contribution in [1.29, 1.82) is 0 Å². The summed E-state index contributed by atoms with van der Waals surface area (Å²) in [5.41, 5.74) is 2.66. The molecule has 1 aromatic carbocycles. The third-order valence-corrected chi connectivity index (χ3v) is 2.65. The highest BCUT2D eigenvalue weighted by Crippen LogP contribution is 2.22. The minimum atomic E-state index is -0.216. The van der Waals surface area contributed by atoms with E-state index >= 15 is 0 Å². The molecule has 0 aliphatic carbocycles. The molecule has 0 bridgehead atoms. The molecule has 0 radical (unpaired) electrons. The zero-order valence-corrected chi connectivity index (χ0v) is 10.1. The largest absolute Gasteiger partial charge is 0.345 e. The third-order valence-electron chi connectivity index (χ3n) is 2.40. The molecule has 0 fully saturated rings. The van der Waals surface area contributed by atoms with Gasteiger partial charge in [-0.1, -0.05) is 12.1 Å². The van der Waals surface area contributed by atoms with Gasteiger partial charge in [0.15, 0.2) is 0 Å². The van der Waals surface area contributed by atoms with Crippen molar-refractivity contribution in [1.82, 2.24) is 9.97 Å². The topological polar surface area (TPSA) is 57.8 Å². The Hall–Kier alpha value is -1.81. The Morgan fingerprint density at radius 2 is 2.35 bits per heavy atom. The lowest BCUT2D eigenvalue weighted by atomic mass is 10.1. The first-order valence-electron chi connectivity index (χ1n) is 5.17. The molecule has 2 rings (SSSR count). The predicted molar refractivity (Wildman–Crippen MR) is 68.1 cm³/mol. The molecule has 1 amide bonds. The van der Waals surface area contributed by atoms with E-state index in [1.54, 1.807) is 12.4 Å². The van der Waals surface area contributed by atoms with Crippen LogP contribution < -0.4 is 5.32 Å². The molecule has 0 atom stereocenters. The molecule has 2 N–H and O–H groups in total. The minimum Gasteiger partial charge on any atom is -0.345 e. The van der Waals surface area contributed by atoms with Crippen LogP contribution in [0.2, 0.25) is 0 Å². The zero-order valence-electron chi connectivity index (χ0n) is 9.33. The monoisotopic (exact) mass is 249 g/mol. The molecule has 0 saturated carbocycles. The number of benzene rings is 1. The molecule has 0 unspecified atom stereocenters. The molecule has 4 nitrogen and oxygen atoms in total. The fraction of sp³-hybridized carbons (Fsp3) is 0.167. The Kier molecular flexibility index (Phi) is 3.44. The summed E-state index contributed by atoms with van der Waals surface area (Å²) in [6.07, 6.45) is 3.44. The maximum atomic E-state index is 11.3. The standard InChI is InChI=1S/C12H12ClN3O/c1-8-2-3-9(12-14-4-5-15-12)6-10(8)16-11(17)7-13/h2-6H,7H2,1H3,(H,14,15)(H,16,17). The fourth-order valence-electron chi connectivity index (χ4n) is 1.51. The van der Waals surface area contributed by atoms with Crippen LogP contribution in [0.1, 0.15) is 5.56 Å². The number of alkyl halides is 1. The van der Waals surface area contributed by atoms with Gasteiger partial charge in [-0.3, -0.25) is 4.79 Å². The van der Waals surface area contributed by atoms with Gasteiger partial charge in [0.05, 0.1) is 0 Å². The second kappa shape index (κ2) is 5.01. The van der Waals surface area contributed by atoms with Crippen LogP contribution in [0, 0.1) is 6.92 Å². The number of aryl methyl sites for hydroxylation is 1. The molecule has 5 heteroatoms. The molecule has 0 spiro atoms. The van der Waals surface area contributed by atoms with E-state index in [1.165, 1.54) is 0 Å². The maximum absolute atomic E-state index is 11.3. The molecule has 1 aromatic heterocycles. The van der Waals surface area contributed by atoms with Crippen LogP contribution in [-0.4, -0.2) is 21.8 Å². The quantitative estimate of drug-likeness (QED) is 0.822. The number of carbonyl (C=O) groups is 1. The highest BCUT2D eigenvalue weighted by molar-refractivity contribution is 6.29. The van der Waals surface area contributed by atoms with E-state index in [-0.39, 0.29) is 11.8 Å². The van der Waals surface area contributed by atoms with E-state index in [9.17, 15) is 4.79 Å². The van der Waals surface area contributed by atoms with Gasteiger partial charge in [-0.05, 0) is 18.6 Å². The van der Waals surface area contributed by atoms with Crippen molar-refractivity contribution in [2.45, 2.75) is 6.92 Å². The fourth-order valence-corrected chi connectivity index (χ4v) is 1.58. The lowest BCUT2D eigenvalue weighted by Crippen LogP contribution is -2.13. The first-order valence-corrected chi connectivity index (χ1v) is 5.70. The summed E-state index contributed by atoms with van der Waals surface area (Å²) < 4.78 is 0. The molecule has 1 heterocycles. The lowest BCUT2D eigenvalue weighted by Gasteiger charge is -2.08. The Bertz CT molecular complexity index is 523. The number of imidazole rings is 1. The summed E-state index contributed by atoms with van der Waals surface area (Å²) in [6.45, 7) is 1.93. The number of H-pyrrole nitrogens is 1. The number of carbonyl (C=O) groups excluding carboxylic acids is 1. The number of rotatable bonds is 3. The van der Waals surface area contributed by atoms with Gasteiger partial charge in [-0.15, -0.1) is 11.6 Å². The average molecular weight is 250 g/mol. The molecule has 0 aliphatic rings. The third kappa shape index (κ3) is 2.65. The number of hydrogen-bond donors (Lipinski definition) is 2. The van der Waals surface area contributed by atoms with Gasteiger partial charge in [0.25, 0.3) is 0 Å². The Balaban J connectivity index is 2.33. The zero-order chi connectivity index (χ0) is 12.3. The van der Waals surface area contributed by atoms with Crippen molar-refractivity contribution < 1.29 is 4.79 Å². The van der Waals surface area contributed by atoms with Gasteiger partial charge < -0.3 is 10.3 Å². The van der Waals surface area contributed by atoms with Crippen molar-refractivity contribution in [3.63, 3.8) is 0 Å². The van der Waals surface area contributed by atoms with E-state index < -0.39 is 0 Å². The van der Waals surface area contributed by atoms with Crippen molar-refractivity contribution in [3.05, 3.63) is 36.2 Å². The van der Waals surface area contributed by atoms with Crippen LogP contribution >= 0.6 is 11.6 Å². The highest BCUT2D eigenvalue weighted by atomic mass is 35.5. The van der Waals surface area contributed by atoms with Crippen LogP contribution in [0.25, 0.3) is 11.4 Å². The van der Waals surface area contributed by atoms with E-state index in [1.807, 2.05) is 25.1 Å². The molecule has 17 heavy (non-hydrogen) atoms. The summed E-state index contributed by atoms with van der Waals surface area (Å²) in [4.78, 5) is 18.4. The molecular formula is C12H12ClN3O. The minimum absolute atomic E-state index is 0.0512. The number of aromatic nitrogens is 2. The van der Waals surface area contributed by atoms with Crippen molar-refractivity contribution in [2.75, 3.05) is 11.2 Å². The summed E-state index contributed by atoms with van der Waals surface area (Å²) in [5, 5.41) is 2.75. The number of halogens is 1. The second-order valence-corrected chi connectivity index (χ2v) is 3.92. The number of hydrogen-bond acceptors (Lipinski definition) is 2. The van der Waals surface area contributed by atoms with Crippen molar-refractivity contribution in [2.24, 2.45) is 0 Å². The number of anilines is 1. The number of aromatic amines is 1. The van der Waals surface area contributed by atoms with E-state index in [2.05, 4.69) is 15.3 Å². The summed E-state index contributed by atoms with van der Waals surface area (Å²) in [5.74, 6) is 0.502. The highest BCUT2D eigenvalue weighted by Gasteiger charge is 2.06. The first kappa shape index (κ1) is 11.7. The van der Waals surface area contributed by atoms with Crippen LogP contribution in [0.3, 0.4) is 0 Å². The Morgan fingerprint density at radius 3 is 3.00 bits per heavy atom. The van der Waals surface area contributed by atoms with Gasteiger partial charge in [0, 0.05) is 23.6 Å². The molecule has 0 saturated heterocycles. The van der Waals surface area contributed by atoms with Gasteiger partial charge in [-0.2, -0.15) is 0 Å². The smallest absolute Gasteiger partial charge is 0.239 e. The molecule has 0 aliphatic heterocycles. The number of amides is 1. The van der Waals surface area contributed by atoms with Crippen molar-refractivity contribution in [3.8, 4) is 11.4 Å². The number of nitrogens with one attached hydrogen (secondary N) is 2. The van der Waals surface area contributed by atoms with Crippen molar-refractivity contribution >= 4 is 23.2 Å². The van der Waals surface area contributed by atoms with Crippen LogP contribution in [0.15, 0.2) is 30.6 Å². The van der Waals surface area contributed by atoms with Gasteiger partial charge in [0.1, 0.15) is 11.7 Å². The maximum Gasteiger partial charge on any atom is 0.239 e. The SMILES string of the molecule is Cc1ccc(-c2ncc[nH]2)cc1NC(=O)CCl. The predicted octanol–water partition coefficient (Wildman–Crippen LogP) is 2.56. The van der Waals surface area contributed by atoms with Crippen LogP contribution in [-0.2, 0) is 4.79 Å². The van der Waals surface area contributed by atoms with Crippen LogP contribution in [0.4, 0.5) is 5.69 Å². The van der Waals surface area contributed by atoms with Gasteiger partial charge >= 0.3 is 0 Å². The van der Waals surface area contributed by atoms with Gasteiger partial charge in [-0.25, -0.2) is 4.98 Å². The first-order chi connectivity index (χ1) is 8.20. The number of nitrogens with zero attached hydrogens (tertiary/aromatic N) is 1. The summed E-state index contributed by atoms with van der Waals surface area (Å²) in [7, 11) is 0.